The van der Waals surface area contributed by atoms with Gasteiger partial charge in [-0.05, 0) is 53.1 Å². The highest BCUT2D eigenvalue weighted by Gasteiger charge is 2.04. The highest BCUT2D eigenvalue weighted by Crippen LogP contribution is 2.23. The first-order chi connectivity index (χ1) is 14.9. The van der Waals surface area contributed by atoms with E-state index in [9.17, 15) is 0 Å². The summed E-state index contributed by atoms with van der Waals surface area (Å²) in [4.78, 5) is 9.28. The van der Waals surface area contributed by atoms with Crippen molar-refractivity contribution in [1.82, 2.24) is 9.97 Å². The maximum atomic E-state index is 4.72. The van der Waals surface area contributed by atoms with Crippen LogP contribution in [0.1, 0.15) is 12.8 Å². The van der Waals surface area contributed by atoms with Crippen LogP contribution >= 0.6 is 0 Å². The van der Waals surface area contributed by atoms with Gasteiger partial charge in [0.05, 0.1) is 11.2 Å². The molecule has 0 saturated carbocycles. The Kier molecular flexibility index (Phi) is 5.05. The van der Waals surface area contributed by atoms with Crippen molar-refractivity contribution >= 4 is 23.1 Å². The highest BCUT2D eigenvalue weighted by atomic mass is 14.7. The number of aromatic nitrogens is 2. The van der Waals surface area contributed by atoms with Crippen molar-refractivity contribution in [3.8, 4) is 22.4 Å². The molecule has 2 aromatic carbocycles. The van der Waals surface area contributed by atoms with E-state index in [2.05, 4.69) is 83.9 Å². The van der Waals surface area contributed by atoms with Crippen LogP contribution in [0, 0.1) is 0 Å². The van der Waals surface area contributed by atoms with Crippen LogP contribution in [0.3, 0.4) is 0 Å². The van der Waals surface area contributed by atoms with Crippen LogP contribution in [0.15, 0.2) is 97.4 Å². The molecule has 0 amide bonds. The number of hydrogen-bond acceptors (Lipinski definition) is 2. The van der Waals surface area contributed by atoms with Gasteiger partial charge < -0.3 is 0 Å². The van der Waals surface area contributed by atoms with Crippen LogP contribution in [-0.4, -0.2) is 9.97 Å². The second kappa shape index (κ2) is 8.30. The van der Waals surface area contributed by atoms with Gasteiger partial charge in [0.25, 0.3) is 0 Å². The van der Waals surface area contributed by atoms with Crippen LogP contribution < -0.4 is 10.4 Å². The maximum absolute atomic E-state index is 4.72. The fourth-order valence-electron chi connectivity index (χ4n) is 3.73. The molecule has 0 bridgehead atoms. The summed E-state index contributed by atoms with van der Waals surface area (Å²) in [6.45, 7) is 0. The molecule has 0 fully saturated rings. The molecule has 1 aliphatic carbocycles. The number of nitrogens with zero attached hydrogens (tertiary/aromatic N) is 2. The van der Waals surface area contributed by atoms with Crippen molar-refractivity contribution in [2.45, 2.75) is 12.8 Å². The van der Waals surface area contributed by atoms with Gasteiger partial charge in [-0.15, -0.1) is 0 Å². The lowest BCUT2D eigenvalue weighted by Crippen LogP contribution is -2.23. The number of rotatable bonds is 2. The van der Waals surface area contributed by atoms with Crippen molar-refractivity contribution < 1.29 is 0 Å². The van der Waals surface area contributed by atoms with Crippen molar-refractivity contribution in [2.24, 2.45) is 0 Å². The summed E-state index contributed by atoms with van der Waals surface area (Å²) in [5.74, 6) is 0. The average Bonchev–Trinajstić information content (AvgIpc) is 2.81. The number of allylic oxidation sites excluding steroid dienone is 4. The van der Waals surface area contributed by atoms with E-state index in [4.69, 9.17) is 4.98 Å². The van der Waals surface area contributed by atoms with Crippen LogP contribution in [0.2, 0.25) is 0 Å². The third-order valence-corrected chi connectivity index (χ3v) is 5.39. The van der Waals surface area contributed by atoms with E-state index < -0.39 is 0 Å². The predicted octanol–water partition coefficient (Wildman–Crippen LogP) is 5.43. The average molecular weight is 386 g/mol. The third kappa shape index (κ3) is 3.85. The minimum atomic E-state index is 0.934. The second-order valence-electron chi connectivity index (χ2n) is 7.46. The monoisotopic (exact) mass is 386 g/mol. The fourth-order valence-corrected chi connectivity index (χ4v) is 3.73. The molecule has 4 aromatic rings. The van der Waals surface area contributed by atoms with Gasteiger partial charge in [0.15, 0.2) is 0 Å². The Morgan fingerprint density at radius 1 is 0.600 bits per heavy atom. The van der Waals surface area contributed by atoms with Gasteiger partial charge in [0.2, 0.25) is 0 Å². The zero-order valence-electron chi connectivity index (χ0n) is 16.7. The summed E-state index contributed by atoms with van der Waals surface area (Å²) in [7, 11) is 0. The molecule has 0 atom stereocenters. The Balaban J connectivity index is 1.51. The van der Waals surface area contributed by atoms with Gasteiger partial charge in [0.1, 0.15) is 0 Å². The first-order valence-electron chi connectivity index (χ1n) is 10.3. The Labute approximate surface area is 176 Å². The molecule has 144 valence electrons. The molecule has 0 saturated heterocycles. The largest absolute Gasteiger partial charge is 0.256 e. The summed E-state index contributed by atoms with van der Waals surface area (Å²) >= 11 is 0. The Morgan fingerprint density at radius 2 is 1.37 bits per heavy atom. The van der Waals surface area contributed by atoms with Crippen molar-refractivity contribution in [3.05, 3.63) is 108 Å². The summed E-state index contributed by atoms with van der Waals surface area (Å²) in [5.41, 5.74) is 5.25. The van der Waals surface area contributed by atoms with E-state index in [1.54, 1.807) is 0 Å². The van der Waals surface area contributed by atoms with Crippen molar-refractivity contribution in [3.63, 3.8) is 0 Å². The predicted molar refractivity (Wildman–Crippen MR) is 126 cm³/mol. The summed E-state index contributed by atoms with van der Waals surface area (Å²) in [5, 5.41) is 3.58. The minimum absolute atomic E-state index is 0.934. The fraction of sp³-hybridized carbons (Fsp3) is 0.0714. The summed E-state index contributed by atoms with van der Waals surface area (Å²) < 4.78 is 0. The van der Waals surface area contributed by atoms with E-state index in [0.29, 0.717) is 0 Å². The van der Waals surface area contributed by atoms with Crippen molar-refractivity contribution in [1.29, 1.82) is 0 Å². The molecule has 2 heteroatoms. The lowest BCUT2D eigenvalue weighted by Gasteiger charge is -2.06. The number of benzene rings is 2. The van der Waals surface area contributed by atoms with Crippen LogP contribution in [0.4, 0.5) is 0 Å². The zero-order chi connectivity index (χ0) is 20.2. The molecule has 2 nitrogen and oxygen atoms in total. The van der Waals surface area contributed by atoms with Gasteiger partial charge in [-0.1, -0.05) is 72.9 Å². The molecule has 30 heavy (non-hydrogen) atoms. The Morgan fingerprint density at radius 3 is 2.20 bits per heavy atom. The quantitative estimate of drug-likeness (QED) is 0.459. The molecular weight excluding hydrogens is 364 g/mol. The first kappa shape index (κ1) is 18.3. The van der Waals surface area contributed by atoms with E-state index in [0.717, 1.165) is 40.6 Å². The smallest absolute Gasteiger partial charge is 0.0718 e. The molecule has 0 N–H and O–H groups in total. The standard InChI is InChI=1S/C28H22N2/c1-2-4-6-10-22-17-23(14-13-21(22)9-5-3-1)25-15-16-28(29-19-25)26-18-24-11-7-8-12-27(24)30-20-26/h3-20H,1-2H2/b5-3?,6-4+,21-9?,22-10-. The number of para-hydroxylation sites is 1. The van der Waals surface area contributed by atoms with Crippen LogP contribution in [-0.2, 0) is 0 Å². The zero-order valence-corrected chi connectivity index (χ0v) is 16.7. The van der Waals surface area contributed by atoms with E-state index >= 15 is 0 Å². The number of hydrogen-bond donors (Lipinski definition) is 0. The first-order valence-corrected chi connectivity index (χ1v) is 10.3. The topological polar surface area (TPSA) is 25.8 Å². The van der Waals surface area contributed by atoms with Gasteiger partial charge in [-0.2, -0.15) is 0 Å². The SMILES string of the molecule is C1=CCC/C=C/C=c2/cc(-c3ccc(-c4cnc5ccccc5c4)nc3)ccc2=C1. The third-order valence-electron chi connectivity index (χ3n) is 5.39. The molecular formula is C28H22N2. The number of fused-ring (bicyclic) bond motifs is 2. The molecule has 2 heterocycles. The van der Waals surface area contributed by atoms with Gasteiger partial charge in [-0.3, -0.25) is 9.97 Å². The maximum Gasteiger partial charge on any atom is 0.0718 e. The highest BCUT2D eigenvalue weighted by molar-refractivity contribution is 5.83. The Bertz CT molecular complexity index is 1380. The van der Waals surface area contributed by atoms with Gasteiger partial charge >= 0.3 is 0 Å². The number of pyridine rings is 2. The van der Waals surface area contributed by atoms with Gasteiger partial charge in [-0.25, -0.2) is 0 Å². The van der Waals surface area contributed by atoms with Crippen molar-refractivity contribution in [2.75, 3.05) is 0 Å². The normalized spacial score (nSPS) is 15.5. The molecule has 0 spiro atoms. The summed E-state index contributed by atoms with van der Waals surface area (Å²) in [6, 6.07) is 21.1. The molecule has 0 radical (unpaired) electrons. The Hall–Kier alpha value is -3.78. The molecule has 2 aromatic heterocycles. The van der Waals surface area contributed by atoms with Crippen LogP contribution in [0.5, 0.6) is 0 Å². The van der Waals surface area contributed by atoms with Crippen LogP contribution in [0.25, 0.3) is 45.4 Å². The summed E-state index contributed by atoms with van der Waals surface area (Å²) in [6.07, 6.45) is 19.1. The molecule has 5 rings (SSSR count). The lowest BCUT2D eigenvalue weighted by molar-refractivity contribution is 1.05. The second-order valence-corrected chi connectivity index (χ2v) is 7.46. The molecule has 1 aliphatic rings. The van der Waals surface area contributed by atoms with Gasteiger partial charge in [0, 0.05) is 28.9 Å². The van der Waals surface area contributed by atoms with E-state index in [1.807, 2.05) is 30.6 Å². The molecule has 0 aliphatic heterocycles. The lowest BCUT2D eigenvalue weighted by atomic mass is 10.0. The minimum Gasteiger partial charge on any atom is -0.256 e. The van der Waals surface area contributed by atoms with E-state index in [1.165, 1.54) is 16.0 Å². The van der Waals surface area contributed by atoms with E-state index in [-0.39, 0.29) is 0 Å². The molecule has 0 unspecified atom stereocenters.